The van der Waals surface area contributed by atoms with Crippen LogP contribution in [0.3, 0.4) is 0 Å². The third-order valence-corrected chi connectivity index (χ3v) is 3.39. The van der Waals surface area contributed by atoms with Crippen molar-refractivity contribution in [2.75, 3.05) is 5.32 Å². The molecule has 1 aromatic carbocycles. The van der Waals surface area contributed by atoms with Crippen LogP contribution in [0.2, 0.25) is 0 Å². The number of rotatable bonds is 3. The van der Waals surface area contributed by atoms with E-state index >= 15 is 0 Å². The molecule has 1 unspecified atom stereocenters. The number of anilines is 1. The van der Waals surface area contributed by atoms with Gasteiger partial charge < -0.3 is 5.32 Å². The molecule has 0 radical (unpaired) electrons. The van der Waals surface area contributed by atoms with Gasteiger partial charge in [0.2, 0.25) is 0 Å². The molecule has 1 atom stereocenters. The first kappa shape index (κ1) is 12.2. The highest BCUT2D eigenvalue weighted by Gasteiger charge is 2.10. The highest BCUT2D eigenvalue weighted by atomic mass is 79.9. The number of halogens is 1. The van der Waals surface area contributed by atoms with Gasteiger partial charge in [0.1, 0.15) is 0 Å². The van der Waals surface area contributed by atoms with Crippen LogP contribution in [0.1, 0.15) is 29.9 Å². The number of aryl methyl sites for hydroxylation is 2. The van der Waals surface area contributed by atoms with Crippen molar-refractivity contribution in [2.24, 2.45) is 0 Å². The average Bonchev–Trinajstić information content (AvgIpc) is 2.61. The third-order valence-electron chi connectivity index (χ3n) is 2.86. The molecule has 0 aliphatic carbocycles. The molecule has 2 rings (SSSR count). The number of hydrogen-bond donors (Lipinski definition) is 2. The van der Waals surface area contributed by atoms with Gasteiger partial charge >= 0.3 is 0 Å². The van der Waals surface area contributed by atoms with E-state index in [4.69, 9.17) is 0 Å². The Morgan fingerprint density at radius 1 is 1.24 bits per heavy atom. The van der Waals surface area contributed by atoms with Crippen molar-refractivity contribution in [3.8, 4) is 0 Å². The lowest BCUT2D eigenvalue weighted by molar-refractivity contribution is 0.880. The summed E-state index contributed by atoms with van der Waals surface area (Å²) in [5.41, 5.74) is 4.44. The first-order valence-electron chi connectivity index (χ1n) is 5.61. The van der Waals surface area contributed by atoms with E-state index in [1.54, 1.807) is 0 Å². The Balaban J connectivity index is 2.17. The van der Waals surface area contributed by atoms with Crippen molar-refractivity contribution >= 4 is 21.6 Å². The minimum atomic E-state index is 0.262. The fourth-order valence-corrected chi connectivity index (χ4v) is 2.08. The van der Waals surface area contributed by atoms with E-state index in [0.717, 1.165) is 21.5 Å². The molecule has 0 saturated heterocycles. The summed E-state index contributed by atoms with van der Waals surface area (Å²) in [6, 6.07) is 8.61. The zero-order valence-corrected chi connectivity index (χ0v) is 11.8. The number of hydrogen-bond acceptors (Lipinski definition) is 2. The van der Waals surface area contributed by atoms with Gasteiger partial charge in [-0.05, 0) is 38.5 Å². The number of aromatic amines is 1. The standard InChI is InChI=1S/C13H16BrN3/c1-8(11-4-6-12(14)7-5-11)15-13-9(2)16-17-10(13)3/h4-8,15H,1-3H3,(H,16,17). The summed E-state index contributed by atoms with van der Waals surface area (Å²) in [4.78, 5) is 0. The normalized spacial score (nSPS) is 12.5. The number of benzene rings is 1. The molecule has 2 aromatic rings. The smallest absolute Gasteiger partial charge is 0.0825 e. The summed E-state index contributed by atoms with van der Waals surface area (Å²) < 4.78 is 1.10. The maximum Gasteiger partial charge on any atom is 0.0825 e. The van der Waals surface area contributed by atoms with Crippen LogP contribution >= 0.6 is 15.9 Å². The second-order valence-corrected chi connectivity index (χ2v) is 5.14. The number of aromatic nitrogens is 2. The molecule has 1 heterocycles. The van der Waals surface area contributed by atoms with E-state index < -0.39 is 0 Å². The second kappa shape index (κ2) is 4.92. The van der Waals surface area contributed by atoms with Gasteiger partial charge in [-0.25, -0.2) is 0 Å². The zero-order chi connectivity index (χ0) is 12.4. The van der Waals surface area contributed by atoms with E-state index in [1.165, 1.54) is 5.56 Å². The van der Waals surface area contributed by atoms with E-state index in [9.17, 15) is 0 Å². The Morgan fingerprint density at radius 3 is 2.41 bits per heavy atom. The highest BCUT2D eigenvalue weighted by Crippen LogP contribution is 2.24. The number of nitrogens with zero attached hydrogens (tertiary/aromatic N) is 1. The Kier molecular flexibility index (Phi) is 3.52. The summed E-state index contributed by atoms with van der Waals surface area (Å²) in [6.07, 6.45) is 0. The molecular weight excluding hydrogens is 278 g/mol. The van der Waals surface area contributed by atoms with Gasteiger partial charge in [0.15, 0.2) is 0 Å². The molecule has 0 bridgehead atoms. The van der Waals surface area contributed by atoms with Crippen molar-refractivity contribution < 1.29 is 0 Å². The SMILES string of the molecule is Cc1n[nH]c(C)c1NC(C)c1ccc(Br)cc1. The summed E-state index contributed by atoms with van der Waals surface area (Å²) in [7, 11) is 0. The molecule has 0 fully saturated rings. The van der Waals surface area contributed by atoms with Gasteiger partial charge in [0, 0.05) is 10.5 Å². The number of nitrogens with one attached hydrogen (secondary N) is 2. The van der Waals surface area contributed by atoms with Crippen molar-refractivity contribution in [3.05, 3.63) is 45.7 Å². The molecule has 0 aliphatic rings. The summed E-state index contributed by atoms with van der Waals surface area (Å²) in [5, 5.41) is 10.6. The van der Waals surface area contributed by atoms with Gasteiger partial charge in [-0.15, -0.1) is 0 Å². The van der Waals surface area contributed by atoms with E-state index in [0.29, 0.717) is 0 Å². The van der Waals surface area contributed by atoms with Crippen LogP contribution in [0.4, 0.5) is 5.69 Å². The maximum atomic E-state index is 4.18. The molecular formula is C13H16BrN3. The summed E-state index contributed by atoms with van der Waals surface area (Å²) >= 11 is 3.44. The van der Waals surface area contributed by atoms with Gasteiger partial charge in [0.25, 0.3) is 0 Å². The first-order valence-corrected chi connectivity index (χ1v) is 6.41. The number of H-pyrrole nitrogens is 1. The van der Waals surface area contributed by atoms with Crippen LogP contribution in [0.15, 0.2) is 28.7 Å². The van der Waals surface area contributed by atoms with Crippen molar-refractivity contribution in [1.29, 1.82) is 0 Å². The van der Waals surface area contributed by atoms with Crippen LogP contribution < -0.4 is 5.32 Å². The lowest BCUT2D eigenvalue weighted by Gasteiger charge is -2.15. The van der Waals surface area contributed by atoms with E-state index in [-0.39, 0.29) is 6.04 Å². The van der Waals surface area contributed by atoms with Crippen molar-refractivity contribution in [2.45, 2.75) is 26.8 Å². The minimum Gasteiger partial charge on any atom is -0.376 e. The second-order valence-electron chi connectivity index (χ2n) is 4.23. The lowest BCUT2D eigenvalue weighted by atomic mass is 10.1. The molecule has 3 nitrogen and oxygen atoms in total. The highest BCUT2D eigenvalue weighted by molar-refractivity contribution is 9.10. The van der Waals surface area contributed by atoms with Crippen LogP contribution in [-0.4, -0.2) is 10.2 Å². The predicted octanol–water partition coefficient (Wildman–Crippen LogP) is 3.96. The molecule has 0 saturated carbocycles. The van der Waals surface area contributed by atoms with Gasteiger partial charge in [-0.3, -0.25) is 5.10 Å². The van der Waals surface area contributed by atoms with E-state index in [2.05, 4.69) is 62.6 Å². The molecule has 90 valence electrons. The van der Waals surface area contributed by atoms with Gasteiger partial charge in [0.05, 0.1) is 17.1 Å². The fourth-order valence-electron chi connectivity index (χ4n) is 1.81. The van der Waals surface area contributed by atoms with E-state index in [1.807, 2.05) is 13.8 Å². The molecule has 4 heteroatoms. The maximum absolute atomic E-state index is 4.18. The molecule has 0 aliphatic heterocycles. The summed E-state index contributed by atoms with van der Waals surface area (Å²) in [5.74, 6) is 0. The van der Waals surface area contributed by atoms with Gasteiger partial charge in [-0.1, -0.05) is 28.1 Å². The molecule has 0 spiro atoms. The fraction of sp³-hybridized carbons (Fsp3) is 0.308. The average molecular weight is 294 g/mol. The topological polar surface area (TPSA) is 40.7 Å². The van der Waals surface area contributed by atoms with Crippen molar-refractivity contribution in [3.63, 3.8) is 0 Å². The quantitative estimate of drug-likeness (QED) is 0.899. The van der Waals surface area contributed by atoms with Crippen LogP contribution in [0, 0.1) is 13.8 Å². The summed E-state index contributed by atoms with van der Waals surface area (Å²) in [6.45, 7) is 6.17. The van der Waals surface area contributed by atoms with Gasteiger partial charge in [-0.2, -0.15) is 5.10 Å². The largest absolute Gasteiger partial charge is 0.376 e. The van der Waals surface area contributed by atoms with Crippen LogP contribution in [0.25, 0.3) is 0 Å². The van der Waals surface area contributed by atoms with Crippen LogP contribution in [0.5, 0.6) is 0 Å². The molecule has 2 N–H and O–H groups in total. The minimum absolute atomic E-state index is 0.262. The first-order chi connectivity index (χ1) is 8.08. The molecule has 17 heavy (non-hydrogen) atoms. The zero-order valence-electron chi connectivity index (χ0n) is 10.2. The Hall–Kier alpha value is -1.29. The monoisotopic (exact) mass is 293 g/mol. The Bertz CT molecular complexity index is 482. The molecule has 0 amide bonds. The Morgan fingerprint density at radius 2 is 1.88 bits per heavy atom. The third kappa shape index (κ3) is 2.69. The molecule has 1 aromatic heterocycles. The Labute approximate surface area is 110 Å². The van der Waals surface area contributed by atoms with Crippen molar-refractivity contribution in [1.82, 2.24) is 10.2 Å². The lowest BCUT2D eigenvalue weighted by Crippen LogP contribution is -2.07. The predicted molar refractivity (Wildman–Crippen MR) is 74.2 cm³/mol. The van der Waals surface area contributed by atoms with Crippen LogP contribution in [-0.2, 0) is 0 Å².